The first-order valence-electron chi connectivity index (χ1n) is 5.26. The van der Waals surface area contributed by atoms with Crippen LogP contribution in [-0.4, -0.2) is 23.9 Å². The molecule has 0 unspecified atom stereocenters. The number of nitrogens with one attached hydrogen (secondary N) is 1. The van der Waals surface area contributed by atoms with Gasteiger partial charge in [-0.3, -0.25) is 4.79 Å². The maximum Gasteiger partial charge on any atom is 0.220 e. The third-order valence-corrected chi connectivity index (χ3v) is 2.95. The summed E-state index contributed by atoms with van der Waals surface area (Å²) in [5.41, 5.74) is 1.09. The number of benzene rings is 1. The molecule has 1 rings (SSSR count). The van der Waals surface area contributed by atoms with Gasteiger partial charge in [-0.15, -0.1) is 11.8 Å². The van der Waals surface area contributed by atoms with Crippen LogP contribution < -0.4 is 5.32 Å². The second-order valence-corrected chi connectivity index (χ2v) is 4.33. The van der Waals surface area contributed by atoms with E-state index in [0.717, 1.165) is 5.56 Å². The Morgan fingerprint density at radius 3 is 2.62 bits per heavy atom. The summed E-state index contributed by atoms with van der Waals surface area (Å²) in [5, 5.41) is 11.4. The number of carbonyl (C=O) groups excluding carboxylic acids is 1. The van der Waals surface area contributed by atoms with Crippen molar-refractivity contribution in [2.45, 2.75) is 24.3 Å². The highest BCUT2D eigenvalue weighted by Crippen LogP contribution is 2.14. The van der Waals surface area contributed by atoms with E-state index in [-0.39, 0.29) is 12.5 Å². The highest BCUT2D eigenvalue weighted by molar-refractivity contribution is 7.98. The maximum absolute atomic E-state index is 11.3. The Morgan fingerprint density at radius 1 is 1.38 bits per heavy atom. The van der Waals surface area contributed by atoms with Crippen molar-refractivity contribution < 1.29 is 9.90 Å². The fraction of sp³-hybridized carbons (Fsp3) is 0.417. The molecule has 1 aromatic carbocycles. The second kappa shape index (κ2) is 7.30. The molecule has 88 valence electrons. The summed E-state index contributed by atoms with van der Waals surface area (Å²) in [6.45, 7) is 0.620. The number of aliphatic hydroxyl groups is 1. The molecule has 0 aliphatic heterocycles. The third kappa shape index (κ3) is 4.68. The first-order chi connectivity index (χ1) is 7.76. The number of thioether (sulfide) groups is 1. The van der Waals surface area contributed by atoms with Gasteiger partial charge in [-0.05, 0) is 30.4 Å². The summed E-state index contributed by atoms with van der Waals surface area (Å²) in [7, 11) is 0. The van der Waals surface area contributed by atoms with Gasteiger partial charge in [-0.2, -0.15) is 0 Å². The highest BCUT2D eigenvalue weighted by Gasteiger charge is 2.00. The van der Waals surface area contributed by atoms with Gasteiger partial charge in [-0.1, -0.05) is 12.1 Å². The Hall–Kier alpha value is -1.00. The Bertz CT molecular complexity index is 324. The van der Waals surface area contributed by atoms with Crippen LogP contribution in [0.15, 0.2) is 29.2 Å². The molecule has 0 aliphatic rings. The topological polar surface area (TPSA) is 49.3 Å². The number of hydrogen-bond donors (Lipinski definition) is 2. The molecule has 0 saturated heterocycles. The van der Waals surface area contributed by atoms with Crippen LogP contribution in [-0.2, 0) is 11.3 Å². The standard InChI is InChI=1S/C12H17NO2S/c1-16-11-6-4-10(5-7-11)9-13-12(15)3-2-8-14/h4-7,14H,2-3,8-9H2,1H3,(H,13,15). The lowest BCUT2D eigenvalue weighted by Gasteiger charge is -2.05. The van der Waals surface area contributed by atoms with Gasteiger partial charge in [0.25, 0.3) is 0 Å². The van der Waals surface area contributed by atoms with E-state index in [1.54, 1.807) is 11.8 Å². The number of amides is 1. The molecule has 0 saturated carbocycles. The van der Waals surface area contributed by atoms with E-state index >= 15 is 0 Å². The van der Waals surface area contributed by atoms with Crippen LogP contribution in [0.5, 0.6) is 0 Å². The van der Waals surface area contributed by atoms with E-state index in [1.807, 2.05) is 30.5 Å². The van der Waals surface area contributed by atoms with Crippen LogP contribution in [0.25, 0.3) is 0 Å². The molecular weight excluding hydrogens is 222 g/mol. The van der Waals surface area contributed by atoms with Crippen LogP contribution in [0, 0.1) is 0 Å². The number of hydrogen-bond acceptors (Lipinski definition) is 3. The molecule has 0 aromatic heterocycles. The Labute approximate surface area is 100 Å². The number of rotatable bonds is 6. The molecule has 16 heavy (non-hydrogen) atoms. The molecule has 1 aromatic rings. The van der Waals surface area contributed by atoms with Crippen molar-refractivity contribution in [1.29, 1.82) is 0 Å². The molecule has 0 fully saturated rings. The molecule has 0 bridgehead atoms. The Morgan fingerprint density at radius 2 is 2.06 bits per heavy atom. The highest BCUT2D eigenvalue weighted by atomic mass is 32.2. The number of carbonyl (C=O) groups is 1. The van der Waals surface area contributed by atoms with Crippen molar-refractivity contribution in [3.05, 3.63) is 29.8 Å². The van der Waals surface area contributed by atoms with Gasteiger partial charge in [0.1, 0.15) is 0 Å². The lowest BCUT2D eigenvalue weighted by molar-refractivity contribution is -0.121. The first kappa shape index (κ1) is 13.1. The second-order valence-electron chi connectivity index (χ2n) is 3.45. The van der Waals surface area contributed by atoms with E-state index in [4.69, 9.17) is 5.11 Å². The fourth-order valence-electron chi connectivity index (χ4n) is 1.27. The predicted molar refractivity (Wildman–Crippen MR) is 66.4 cm³/mol. The van der Waals surface area contributed by atoms with Crippen molar-refractivity contribution >= 4 is 17.7 Å². The summed E-state index contributed by atoms with van der Waals surface area (Å²) in [6.07, 6.45) is 2.95. The zero-order valence-corrected chi connectivity index (χ0v) is 10.2. The van der Waals surface area contributed by atoms with Gasteiger partial charge >= 0.3 is 0 Å². The van der Waals surface area contributed by atoms with Crippen LogP contribution in [0.4, 0.5) is 0 Å². The third-order valence-electron chi connectivity index (χ3n) is 2.21. The first-order valence-corrected chi connectivity index (χ1v) is 6.49. The summed E-state index contributed by atoms with van der Waals surface area (Å²) in [6, 6.07) is 8.11. The van der Waals surface area contributed by atoms with Gasteiger partial charge in [-0.25, -0.2) is 0 Å². The van der Waals surface area contributed by atoms with Gasteiger partial charge in [0.2, 0.25) is 5.91 Å². The van der Waals surface area contributed by atoms with Gasteiger partial charge in [0, 0.05) is 24.5 Å². The van der Waals surface area contributed by atoms with Crippen molar-refractivity contribution in [2.75, 3.05) is 12.9 Å². The van der Waals surface area contributed by atoms with Crippen LogP contribution in [0.2, 0.25) is 0 Å². The molecule has 4 heteroatoms. The molecule has 0 atom stereocenters. The average Bonchev–Trinajstić information content (AvgIpc) is 2.34. The molecule has 2 N–H and O–H groups in total. The van der Waals surface area contributed by atoms with Crippen molar-refractivity contribution in [1.82, 2.24) is 5.32 Å². The minimum Gasteiger partial charge on any atom is -0.396 e. The SMILES string of the molecule is CSc1ccc(CNC(=O)CCCO)cc1. The Balaban J connectivity index is 2.33. The lowest BCUT2D eigenvalue weighted by atomic mass is 10.2. The van der Waals surface area contributed by atoms with Gasteiger partial charge < -0.3 is 10.4 Å². The van der Waals surface area contributed by atoms with E-state index in [2.05, 4.69) is 5.32 Å². The summed E-state index contributed by atoms with van der Waals surface area (Å²) in [5.74, 6) is -0.0111. The fourth-order valence-corrected chi connectivity index (χ4v) is 1.68. The summed E-state index contributed by atoms with van der Waals surface area (Å²) >= 11 is 1.70. The van der Waals surface area contributed by atoms with E-state index in [9.17, 15) is 4.79 Å². The van der Waals surface area contributed by atoms with E-state index in [1.165, 1.54) is 4.90 Å². The molecule has 0 radical (unpaired) electrons. The zero-order chi connectivity index (χ0) is 11.8. The van der Waals surface area contributed by atoms with Crippen molar-refractivity contribution in [3.8, 4) is 0 Å². The molecule has 1 amide bonds. The van der Waals surface area contributed by atoms with Crippen LogP contribution >= 0.6 is 11.8 Å². The molecule has 0 aliphatic carbocycles. The normalized spacial score (nSPS) is 10.1. The number of aliphatic hydroxyl groups excluding tert-OH is 1. The summed E-state index contributed by atoms with van der Waals surface area (Å²) < 4.78 is 0. The molecule has 3 nitrogen and oxygen atoms in total. The maximum atomic E-state index is 11.3. The molecular formula is C12H17NO2S. The smallest absolute Gasteiger partial charge is 0.220 e. The molecule has 0 heterocycles. The summed E-state index contributed by atoms with van der Waals surface area (Å²) in [4.78, 5) is 12.5. The lowest BCUT2D eigenvalue weighted by Crippen LogP contribution is -2.22. The molecule has 0 spiro atoms. The van der Waals surface area contributed by atoms with Crippen LogP contribution in [0.3, 0.4) is 0 Å². The Kier molecular flexibility index (Phi) is 5.96. The minimum absolute atomic E-state index is 0.0111. The average molecular weight is 239 g/mol. The zero-order valence-electron chi connectivity index (χ0n) is 9.40. The van der Waals surface area contributed by atoms with E-state index in [0.29, 0.717) is 19.4 Å². The minimum atomic E-state index is -0.0111. The monoisotopic (exact) mass is 239 g/mol. The largest absolute Gasteiger partial charge is 0.396 e. The quantitative estimate of drug-likeness (QED) is 0.744. The van der Waals surface area contributed by atoms with Gasteiger partial charge in [0.15, 0.2) is 0 Å². The van der Waals surface area contributed by atoms with Crippen molar-refractivity contribution in [2.24, 2.45) is 0 Å². The van der Waals surface area contributed by atoms with Crippen molar-refractivity contribution in [3.63, 3.8) is 0 Å². The van der Waals surface area contributed by atoms with Gasteiger partial charge in [0.05, 0.1) is 0 Å². The predicted octanol–water partition coefficient (Wildman–Crippen LogP) is 1.80. The van der Waals surface area contributed by atoms with E-state index < -0.39 is 0 Å². The van der Waals surface area contributed by atoms with Crippen LogP contribution in [0.1, 0.15) is 18.4 Å².